The number of carbonyl (C=O) groups is 1. The van der Waals surface area contributed by atoms with Crippen LogP contribution in [0.4, 0.5) is 0 Å². The Labute approximate surface area is 172 Å². The van der Waals surface area contributed by atoms with E-state index in [1.54, 1.807) is 4.68 Å². The summed E-state index contributed by atoms with van der Waals surface area (Å²) in [7, 11) is 1.91. The summed E-state index contributed by atoms with van der Waals surface area (Å²) in [5.41, 5.74) is 2.39. The van der Waals surface area contributed by atoms with Crippen molar-refractivity contribution < 1.29 is 9.53 Å². The molecule has 2 saturated heterocycles. The monoisotopic (exact) mass is 404 g/mol. The Balaban J connectivity index is 0.00000225. The maximum atomic E-state index is 13.0. The number of rotatable bonds is 5. The Morgan fingerprint density at radius 3 is 2.71 bits per heavy atom. The van der Waals surface area contributed by atoms with Crippen LogP contribution in [-0.2, 0) is 22.0 Å². The highest BCUT2D eigenvalue weighted by atomic mass is 35.5. The predicted molar refractivity (Wildman–Crippen MR) is 111 cm³/mol. The SMILES string of the molecule is Cl.Cn1cc([C@H]2CNC[C@@H]2C(=O)NCC2(c3ccccc3)CCOCC2)cn1. The quantitative estimate of drug-likeness (QED) is 0.799. The molecule has 0 saturated carbocycles. The number of halogens is 1. The molecule has 1 amide bonds. The molecule has 0 radical (unpaired) electrons. The average Bonchev–Trinajstić information content (AvgIpc) is 3.36. The van der Waals surface area contributed by atoms with Crippen LogP contribution in [0.5, 0.6) is 0 Å². The van der Waals surface area contributed by atoms with Crippen LogP contribution in [0.25, 0.3) is 0 Å². The molecule has 2 aromatic rings. The van der Waals surface area contributed by atoms with E-state index < -0.39 is 0 Å². The first kappa shape index (κ1) is 20.8. The highest BCUT2D eigenvalue weighted by molar-refractivity contribution is 5.85. The number of carbonyl (C=O) groups excluding carboxylic acids is 1. The minimum Gasteiger partial charge on any atom is -0.381 e. The number of hydrogen-bond acceptors (Lipinski definition) is 4. The lowest BCUT2D eigenvalue weighted by atomic mass is 9.74. The van der Waals surface area contributed by atoms with Crippen LogP contribution in [0.1, 0.15) is 29.9 Å². The van der Waals surface area contributed by atoms with Crippen LogP contribution in [-0.4, -0.2) is 48.5 Å². The number of benzene rings is 1. The van der Waals surface area contributed by atoms with Crippen LogP contribution in [0.2, 0.25) is 0 Å². The summed E-state index contributed by atoms with van der Waals surface area (Å²) in [5, 5.41) is 10.9. The van der Waals surface area contributed by atoms with Gasteiger partial charge in [0.2, 0.25) is 5.91 Å². The number of ether oxygens (including phenoxy) is 1. The fourth-order valence-electron chi connectivity index (χ4n) is 4.44. The zero-order valence-electron chi connectivity index (χ0n) is 16.3. The van der Waals surface area contributed by atoms with Gasteiger partial charge >= 0.3 is 0 Å². The van der Waals surface area contributed by atoms with Crippen molar-refractivity contribution in [3.63, 3.8) is 0 Å². The molecule has 2 N–H and O–H groups in total. The topological polar surface area (TPSA) is 68.2 Å². The molecule has 0 unspecified atom stereocenters. The molecule has 2 aliphatic heterocycles. The molecule has 7 heteroatoms. The summed E-state index contributed by atoms with van der Waals surface area (Å²) in [6, 6.07) is 10.5. The van der Waals surface area contributed by atoms with Gasteiger partial charge in [0.15, 0.2) is 0 Å². The summed E-state index contributed by atoms with van der Waals surface area (Å²) in [5.74, 6) is 0.263. The first-order valence-electron chi connectivity index (χ1n) is 9.78. The minimum atomic E-state index is -0.0538. The maximum absolute atomic E-state index is 13.0. The van der Waals surface area contributed by atoms with Gasteiger partial charge in [-0.15, -0.1) is 12.4 Å². The molecule has 2 fully saturated rings. The zero-order chi connectivity index (χ0) is 18.7. The summed E-state index contributed by atoms with van der Waals surface area (Å²) in [6.45, 7) is 3.69. The third-order valence-electron chi connectivity index (χ3n) is 6.14. The van der Waals surface area contributed by atoms with Gasteiger partial charge in [-0.25, -0.2) is 0 Å². The molecule has 152 valence electrons. The van der Waals surface area contributed by atoms with Crippen molar-refractivity contribution in [3.05, 3.63) is 53.9 Å². The fraction of sp³-hybridized carbons (Fsp3) is 0.524. The Hall–Kier alpha value is -1.89. The van der Waals surface area contributed by atoms with E-state index in [-0.39, 0.29) is 35.6 Å². The molecular weight excluding hydrogens is 376 g/mol. The summed E-state index contributed by atoms with van der Waals surface area (Å²) in [4.78, 5) is 13.0. The number of nitrogens with zero attached hydrogens (tertiary/aromatic N) is 2. The predicted octanol–water partition coefficient (Wildman–Crippen LogP) is 2.01. The van der Waals surface area contributed by atoms with Gasteiger partial charge in [0.25, 0.3) is 0 Å². The average molecular weight is 405 g/mol. The molecule has 28 heavy (non-hydrogen) atoms. The number of aromatic nitrogens is 2. The summed E-state index contributed by atoms with van der Waals surface area (Å²) in [6.07, 6.45) is 5.77. The van der Waals surface area contributed by atoms with Crippen molar-refractivity contribution in [3.8, 4) is 0 Å². The van der Waals surface area contributed by atoms with Crippen LogP contribution in [0.3, 0.4) is 0 Å². The van der Waals surface area contributed by atoms with Crippen molar-refractivity contribution in [2.75, 3.05) is 32.8 Å². The molecule has 6 nitrogen and oxygen atoms in total. The highest BCUT2D eigenvalue weighted by Crippen LogP contribution is 2.35. The molecule has 0 spiro atoms. The maximum Gasteiger partial charge on any atom is 0.225 e. The summed E-state index contributed by atoms with van der Waals surface area (Å²) < 4.78 is 7.40. The van der Waals surface area contributed by atoms with Gasteiger partial charge in [-0.05, 0) is 24.0 Å². The second-order valence-corrected chi connectivity index (χ2v) is 7.80. The van der Waals surface area contributed by atoms with Crippen molar-refractivity contribution in [1.29, 1.82) is 0 Å². The van der Waals surface area contributed by atoms with Gasteiger partial charge in [0.05, 0.1) is 12.1 Å². The lowest BCUT2D eigenvalue weighted by Gasteiger charge is -2.38. The molecule has 2 aliphatic rings. The molecule has 0 aliphatic carbocycles. The van der Waals surface area contributed by atoms with Crippen molar-refractivity contribution in [2.24, 2.45) is 13.0 Å². The molecule has 2 atom stereocenters. The number of aryl methyl sites for hydroxylation is 1. The van der Waals surface area contributed by atoms with E-state index in [9.17, 15) is 4.79 Å². The van der Waals surface area contributed by atoms with Crippen molar-refractivity contribution in [2.45, 2.75) is 24.2 Å². The van der Waals surface area contributed by atoms with Crippen LogP contribution >= 0.6 is 12.4 Å². The largest absolute Gasteiger partial charge is 0.381 e. The highest BCUT2D eigenvalue weighted by Gasteiger charge is 2.38. The van der Waals surface area contributed by atoms with E-state index in [0.717, 1.165) is 38.2 Å². The van der Waals surface area contributed by atoms with Gasteiger partial charge in [-0.1, -0.05) is 30.3 Å². The first-order chi connectivity index (χ1) is 13.2. The molecule has 1 aromatic heterocycles. The second kappa shape index (κ2) is 9.07. The van der Waals surface area contributed by atoms with E-state index in [4.69, 9.17) is 4.74 Å². The smallest absolute Gasteiger partial charge is 0.225 e. The third-order valence-corrected chi connectivity index (χ3v) is 6.14. The normalized spacial score (nSPS) is 23.8. The lowest BCUT2D eigenvalue weighted by molar-refractivity contribution is -0.125. The number of amides is 1. The van der Waals surface area contributed by atoms with E-state index in [1.807, 2.05) is 25.5 Å². The van der Waals surface area contributed by atoms with E-state index in [2.05, 4.69) is 40.0 Å². The molecule has 3 heterocycles. The standard InChI is InChI=1S/C21H28N4O2.ClH/c1-25-14-16(11-24-25)18-12-22-13-19(18)20(26)23-15-21(7-9-27-10-8-21)17-5-3-2-4-6-17;/h2-6,11,14,18-19,22H,7-10,12-13,15H2,1H3,(H,23,26);1H/t18-,19+;/m1./s1. The van der Waals surface area contributed by atoms with E-state index in [1.165, 1.54) is 5.56 Å². The van der Waals surface area contributed by atoms with E-state index >= 15 is 0 Å². The van der Waals surface area contributed by atoms with Gasteiger partial charge in [0, 0.05) is 57.4 Å². The van der Waals surface area contributed by atoms with E-state index in [0.29, 0.717) is 13.1 Å². The molecular formula is C21H29ClN4O2. The Kier molecular flexibility index (Phi) is 6.75. The first-order valence-corrected chi connectivity index (χ1v) is 9.78. The Morgan fingerprint density at radius 2 is 2.04 bits per heavy atom. The van der Waals surface area contributed by atoms with Gasteiger partial charge in [0.1, 0.15) is 0 Å². The van der Waals surface area contributed by atoms with Gasteiger partial charge < -0.3 is 15.4 Å². The van der Waals surface area contributed by atoms with Gasteiger partial charge in [-0.3, -0.25) is 9.48 Å². The Morgan fingerprint density at radius 1 is 1.29 bits per heavy atom. The van der Waals surface area contributed by atoms with Crippen LogP contribution in [0, 0.1) is 5.92 Å². The number of hydrogen-bond donors (Lipinski definition) is 2. The molecule has 0 bridgehead atoms. The van der Waals surface area contributed by atoms with Gasteiger partial charge in [-0.2, -0.15) is 5.10 Å². The second-order valence-electron chi connectivity index (χ2n) is 7.80. The third kappa shape index (κ3) is 4.24. The van der Waals surface area contributed by atoms with Crippen molar-refractivity contribution in [1.82, 2.24) is 20.4 Å². The molecule has 1 aromatic carbocycles. The van der Waals surface area contributed by atoms with Crippen molar-refractivity contribution >= 4 is 18.3 Å². The summed E-state index contributed by atoms with van der Waals surface area (Å²) >= 11 is 0. The minimum absolute atomic E-state index is 0. The molecule has 4 rings (SSSR count). The van der Waals surface area contributed by atoms with Crippen LogP contribution in [0.15, 0.2) is 42.7 Å². The zero-order valence-corrected chi connectivity index (χ0v) is 17.1. The van der Waals surface area contributed by atoms with Crippen LogP contribution < -0.4 is 10.6 Å². The lowest BCUT2D eigenvalue weighted by Crippen LogP contribution is -2.46. The Bertz CT molecular complexity index is 774. The fourth-order valence-corrected chi connectivity index (χ4v) is 4.44. The number of nitrogens with one attached hydrogen (secondary N) is 2.